The lowest BCUT2D eigenvalue weighted by Crippen LogP contribution is -2.44. The van der Waals surface area contributed by atoms with Crippen molar-refractivity contribution in [2.24, 2.45) is 0 Å². The average Bonchev–Trinajstić information content (AvgIpc) is 2.96. The first-order valence-electron chi connectivity index (χ1n) is 6.83. The van der Waals surface area contributed by atoms with Crippen LogP contribution in [0.4, 0.5) is 0 Å². The zero-order valence-corrected chi connectivity index (χ0v) is 12.3. The monoisotopic (exact) mass is 323 g/mol. The molecular formula is C13H14ClN5O3. The van der Waals surface area contributed by atoms with E-state index in [0.717, 1.165) is 12.8 Å². The minimum Gasteiger partial charge on any atom is -0.458 e. The first kappa shape index (κ1) is 14.6. The van der Waals surface area contributed by atoms with Crippen LogP contribution in [-0.4, -0.2) is 49.9 Å². The molecular weight excluding hydrogens is 310 g/mol. The number of halogens is 1. The Balaban J connectivity index is 1.65. The lowest BCUT2D eigenvalue weighted by atomic mass is 10.1. The van der Waals surface area contributed by atoms with Crippen LogP contribution >= 0.6 is 11.6 Å². The number of carbonyl (C=O) groups excluding carboxylic acids is 1. The molecule has 3 heterocycles. The normalized spacial score (nSPS) is 18.2. The number of aromatic amines is 2. The summed E-state index contributed by atoms with van der Waals surface area (Å²) in [5.41, 5.74) is -0.156. The molecule has 0 saturated carbocycles. The predicted molar refractivity (Wildman–Crippen MR) is 78.0 cm³/mol. The number of nitrogens with one attached hydrogen (secondary N) is 2. The molecule has 22 heavy (non-hydrogen) atoms. The predicted octanol–water partition coefficient (Wildman–Crippen LogP) is 0.830. The molecule has 2 aromatic heterocycles. The molecule has 1 fully saturated rings. The van der Waals surface area contributed by atoms with Crippen LogP contribution in [0.5, 0.6) is 6.01 Å². The zero-order chi connectivity index (χ0) is 15.5. The van der Waals surface area contributed by atoms with Gasteiger partial charge in [0.05, 0.1) is 24.0 Å². The molecule has 1 aliphatic heterocycles. The van der Waals surface area contributed by atoms with Crippen LogP contribution < -0.4 is 10.4 Å². The third-order valence-electron chi connectivity index (χ3n) is 3.36. The lowest BCUT2D eigenvalue weighted by Gasteiger charge is -2.31. The van der Waals surface area contributed by atoms with Gasteiger partial charge in [0, 0.05) is 12.7 Å². The fourth-order valence-electron chi connectivity index (χ4n) is 2.35. The van der Waals surface area contributed by atoms with E-state index in [2.05, 4.69) is 19.9 Å². The summed E-state index contributed by atoms with van der Waals surface area (Å²) in [6, 6.07) is 0.235. The highest BCUT2D eigenvalue weighted by Crippen LogP contribution is 2.17. The van der Waals surface area contributed by atoms with Gasteiger partial charge in [-0.15, -0.1) is 0 Å². The first-order valence-corrected chi connectivity index (χ1v) is 7.21. The van der Waals surface area contributed by atoms with E-state index in [1.165, 1.54) is 18.6 Å². The standard InChI is InChI=1S/C13H14ClN5O3/c14-8-4-16-13(17-5-8)22-9-2-1-3-19(7-9)11(20)10-6-15-12(21)18-10/h4-6,9H,1-3,7H2,(H2,15,18,21). The van der Waals surface area contributed by atoms with Gasteiger partial charge >= 0.3 is 11.7 Å². The second kappa shape index (κ2) is 6.18. The van der Waals surface area contributed by atoms with Crippen LogP contribution in [0.2, 0.25) is 5.02 Å². The van der Waals surface area contributed by atoms with Gasteiger partial charge in [0.15, 0.2) is 0 Å². The summed E-state index contributed by atoms with van der Waals surface area (Å²) in [5, 5.41) is 0.434. The molecule has 0 aliphatic carbocycles. The number of hydrogen-bond acceptors (Lipinski definition) is 5. The summed E-state index contributed by atoms with van der Waals surface area (Å²) in [4.78, 5) is 37.9. The van der Waals surface area contributed by atoms with Crippen molar-refractivity contribution in [3.8, 4) is 6.01 Å². The highest BCUT2D eigenvalue weighted by Gasteiger charge is 2.27. The van der Waals surface area contributed by atoms with Gasteiger partial charge in [-0.3, -0.25) is 4.79 Å². The number of likely N-dealkylation sites (tertiary alicyclic amines) is 1. The smallest absolute Gasteiger partial charge is 0.323 e. The van der Waals surface area contributed by atoms with Crippen molar-refractivity contribution in [2.75, 3.05) is 13.1 Å². The van der Waals surface area contributed by atoms with Crippen LogP contribution in [-0.2, 0) is 0 Å². The fraction of sp³-hybridized carbons (Fsp3) is 0.385. The Kier molecular flexibility index (Phi) is 4.10. The average molecular weight is 324 g/mol. The lowest BCUT2D eigenvalue weighted by molar-refractivity contribution is 0.0511. The van der Waals surface area contributed by atoms with E-state index in [1.54, 1.807) is 4.90 Å². The van der Waals surface area contributed by atoms with Gasteiger partial charge in [-0.05, 0) is 12.8 Å². The highest BCUT2D eigenvalue weighted by atomic mass is 35.5. The molecule has 0 radical (unpaired) electrons. The number of H-pyrrole nitrogens is 2. The SMILES string of the molecule is O=C(c1c[nH]c(=O)[nH]1)N1CCCC(Oc2ncc(Cl)cn2)C1. The third-order valence-corrected chi connectivity index (χ3v) is 3.56. The molecule has 116 valence electrons. The van der Waals surface area contributed by atoms with Crippen LogP contribution in [0, 0.1) is 0 Å². The van der Waals surface area contributed by atoms with Crippen LogP contribution in [0.3, 0.4) is 0 Å². The number of hydrogen-bond donors (Lipinski definition) is 2. The minimum atomic E-state index is -0.400. The zero-order valence-electron chi connectivity index (χ0n) is 11.6. The molecule has 3 rings (SSSR count). The summed E-state index contributed by atoms with van der Waals surface area (Å²) < 4.78 is 5.68. The number of rotatable bonds is 3. The number of amides is 1. The Morgan fingerprint density at radius 2 is 2.18 bits per heavy atom. The maximum absolute atomic E-state index is 12.3. The van der Waals surface area contributed by atoms with Gasteiger partial charge in [-0.2, -0.15) is 0 Å². The number of ether oxygens (including phenoxy) is 1. The number of nitrogens with zero attached hydrogens (tertiary/aromatic N) is 3. The molecule has 9 heteroatoms. The van der Waals surface area contributed by atoms with E-state index < -0.39 is 5.69 Å². The van der Waals surface area contributed by atoms with Gasteiger partial charge in [0.2, 0.25) is 0 Å². The van der Waals surface area contributed by atoms with Crippen molar-refractivity contribution in [1.82, 2.24) is 24.8 Å². The Labute approximate surface area is 130 Å². The molecule has 8 nitrogen and oxygen atoms in total. The van der Waals surface area contributed by atoms with E-state index in [9.17, 15) is 9.59 Å². The molecule has 1 aliphatic rings. The summed E-state index contributed by atoms with van der Waals surface area (Å²) in [6.45, 7) is 1.03. The Hall–Kier alpha value is -2.35. The van der Waals surface area contributed by atoms with Gasteiger partial charge in [-0.1, -0.05) is 11.6 Å². The second-order valence-electron chi connectivity index (χ2n) is 4.97. The largest absolute Gasteiger partial charge is 0.458 e. The summed E-state index contributed by atoms with van der Waals surface area (Å²) in [6.07, 6.45) is 5.71. The van der Waals surface area contributed by atoms with Gasteiger partial charge in [0.1, 0.15) is 11.8 Å². The maximum Gasteiger partial charge on any atom is 0.323 e. The van der Waals surface area contributed by atoms with E-state index >= 15 is 0 Å². The molecule has 0 aromatic carbocycles. The van der Waals surface area contributed by atoms with E-state index in [4.69, 9.17) is 16.3 Å². The van der Waals surface area contributed by atoms with Crippen molar-refractivity contribution >= 4 is 17.5 Å². The highest BCUT2D eigenvalue weighted by molar-refractivity contribution is 6.30. The van der Waals surface area contributed by atoms with Crippen molar-refractivity contribution < 1.29 is 9.53 Å². The van der Waals surface area contributed by atoms with Crippen molar-refractivity contribution in [3.63, 3.8) is 0 Å². The maximum atomic E-state index is 12.3. The molecule has 1 saturated heterocycles. The number of piperidine rings is 1. The fourth-order valence-corrected chi connectivity index (χ4v) is 2.44. The number of carbonyl (C=O) groups is 1. The Morgan fingerprint density at radius 3 is 2.86 bits per heavy atom. The summed E-state index contributed by atoms with van der Waals surface area (Å²) in [5.74, 6) is -0.233. The van der Waals surface area contributed by atoms with Crippen molar-refractivity contribution in [3.05, 3.63) is 39.8 Å². The van der Waals surface area contributed by atoms with Crippen molar-refractivity contribution in [2.45, 2.75) is 18.9 Å². The van der Waals surface area contributed by atoms with Gasteiger partial charge in [-0.25, -0.2) is 14.8 Å². The molecule has 0 bridgehead atoms. The second-order valence-corrected chi connectivity index (χ2v) is 5.41. The minimum absolute atomic E-state index is 0.190. The van der Waals surface area contributed by atoms with Crippen LogP contribution in [0.25, 0.3) is 0 Å². The summed E-state index contributed by atoms with van der Waals surface area (Å²) in [7, 11) is 0. The molecule has 1 amide bonds. The Bertz CT molecular complexity index is 711. The molecule has 1 atom stereocenters. The van der Waals surface area contributed by atoms with Crippen LogP contribution in [0.1, 0.15) is 23.3 Å². The molecule has 0 spiro atoms. The Morgan fingerprint density at radius 1 is 1.41 bits per heavy atom. The quantitative estimate of drug-likeness (QED) is 0.870. The molecule has 2 aromatic rings. The van der Waals surface area contributed by atoms with E-state index in [1.807, 2.05) is 0 Å². The van der Waals surface area contributed by atoms with Gasteiger partial charge < -0.3 is 19.6 Å². The van der Waals surface area contributed by atoms with E-state index in [-0.39, 0.29) is 23.7 Å². The number of aromatic nitrogens is 4. The molecule has 1 unspecified atom stereocenters. The number of imidazole rings is 1. The topological polar surface area (TPSA) is 104 Å². The third kappa shape index (κ3) is 3.28. The van der Waals surface area contributed by atoms with Gasteiger partial charge in [0.25, 0.3) is 5.91 Å². The van der Waals surface area contributed by atoms with Crippen molar-refractivity contribution in [1.29, 1.82) is 0 Å². The molecule has 2 N–H and O–H groups in total. The first-order chi connectivity index (χ1) is 10.6. The van der Waals surface area contributed by atoms with E-state index in [0.29, 0.717) is 18.1 Å². The van der Waals surface area contributed by atoms with Crippen LogP contribution in [0.15, 0.2) is 23.4 Å². The summed E-state index contributed by atoms with van der Waals surface area (Å²) >= 11 is 5.72.